The largest absolute Gasteiger partial charge is 0.507 e. The molecule has 1 aliphatic rings. The van der Waals surface area contributed by atoms with E-state index in [1.807, 2.05) is 32.9 Å². The average molecular weight is 539 g/mol. The van der Waals surface area contributed by atoms with Crippen molar-refractivity contribution in [2.45, 2.75) is 66.1 Å². The summed E-state index contributed by atoms with van der Waals surface area (Å²) in [5, 5.41) is 43.1. The summed E-state index contributed by atoms with van der Waals surface area (Å²) in [5.74, 6) is -1.39. The van der Waals surface area contributed by atoms with E-state index >= 15 is 0 Å². The van der Waals surface area contributed by atoms with Gasteiger partial charge in [-0.3, -0.25) is 4.79 Å². The molecule has 0 bridgehead atoms. The third kappa shape index (κ3) is 6.95. The molecule has 2 unspecified atom stereocenters. The van der Waals surface area contributed by atoms with Gasteiger partial charge in [-0.05, 0) is 60.0 Å². The zero-order valence-corrected chi connectivity index (χ0v) is 23.4. The van der Waals surface area contributed by atoms with Gasteiger partial charge in [-0.15, -0.1) is 0 Å². The molecule has 3 rings (SSSR count). The molecule has 1 aliphatic heterocycles. The fraction of sp³-hybridized carbons (Fsp3) is 0.387. The van der Waals surface area contributed by atoms with Gasteiger partial charge in [-0.25, -0.2) is 0 Å². The molecule has 0 aromatic heterocycles. The van der Waals surface area contributed by atoms with Crippen LogP contribution < -0.4 is 14.2 Å². The predicted molar refractivity (Wildman–Crippen MR) is 149 cm³/mol. The zero-order valence-electron chi connectivity index (χ0n) is 23.4. The number of phenolic OH excluding ortho intramolecular Hbond substituents is 3. The van der Waals surface area contributed by atoms with Crippen molar-refractivity contribution in [3.8, 4) is 34.5 Å². The minimum Gasteiger partial charge on any atom is -0.507 e. The molecule has 0 saturated carbocycles. The summed E-state index contributed by atoms with van der Waals surface area (Å²) in [6.07, 6.45) is 4.74. The first kappa shape index (κ1) is 29.6. The molecule has 0 fully saturated rings. The number of carbonyl (C=O) groups excluding carboxylic acids is 1. The summed E-state index contributed by atoms with van der Waals surface area (Å²) >= 11 is 0. The van der Waals surface area contributed by atoms with Crippen LogP contribution in [0.4, 0.5) is 0 Å². The van der Waals surface area contributed by atoms with E-state index in [4.69, 9.17) is 14.2 Å². The number of rotatable bonds is 10. The second-order valence-corrected chi connectivity index (χ2v) is 10.2. The van der Waals surface area contributed by atoms with Gasteiger partial charge in [-0.2, -0.15) is 0 Å². The Morgan fingerprint density at radius 3 is 2.18 bits per heavy atom. The van der Waals surface area contributed by atoms with E-state index in [1.165, 1.54) is 30.9 Å². The van der Waals surface area contributed by atoms with Gasteiger partial charge in [0.05, 0.1) is 12.7 Å². The summed E-state index contributed by atoms with van der Waals surface area (Å²) in [5.41, 5.74) is 3.50. The highest BCUT2D eigenvalue weighted by atomic mass is 16.5. The lowest BCUT2D eigenvalue weighted by Crippen LogP contribution is -2.37. The number of benzene rings is 2. The van der Waals surface area contributed by atoms with E-state index in [0.717, 1.165) is 24.0 Å². The highest BCUT2D eigenvalue weighted by molar-refractivity contribution is 6.06. The van der Waals surface area contributed by atoms with Crippen LogP contribution in [0.25, 0.3) is 0 Å². The molecule has 0 saturated heterocycles. The summed E-state index contributed by atoms with van der Waals surface area (Å²) in [7, 11) is 1.37. The van der Waals surface area contributed by atoms with Crippen LogP contribution in [0.15, 0.2) is 53.1 Å². The number of fused-ring (bicyclic) bond motifs is 1. The van der Waals surface area contributed by atoms with Crippen LogP contribution >= 0.6 is 0 Å². The number of ketones is 1. The number of phenols is 3. The molecule has 0 radical (unpaired) electrons. The van der Waals surface area contributed by atoms with Crippen LogP contribution in [-0.4, -0.2) is 46.0 Å². The number of aliphatic hydroxyl groups excluding tert-OH is 1. The quantitative estimate of drug-likeness (QED) is 0.269. The van der Waals surface area contributed by atoms with Gasteiger partial charge in [-0.1, -0.05) is 28.9 Å². The third-order valence-corrected chi connectivity index (χ3v) is 6.48. The van der Waals surface area contributed by atoms with Gasteiger partial charge in [0, 0.05) is 23.8 Å². The number of carbonyl (C=O) groups is 1. The van der Waals surface area contributed by atoms with E-state index in [1.54, 1.807) is 0 Å². The van der Waals surface area contributed by atoms with E-state index in [2.05, 4.69) is 19.9 Å². The minimum atomic E-state index is -1.76. The normalized spacial score (nSPS) is 16.7. The van der Waals surface area contributed by atoms with Gasteiger partial charge >= 0.3 is 0 Å². The Morgan fingerprint density at radius 2 is 1.59 bits per heavy atom. The first-order chi connectivity index (χ1) is 18.4. The van der Waals surface area contributed by atoms with Crippen LogP contribution in [0.5, 0.6) is 34.5 Å². The molecule has 8 nitrogen and oxygen atoms in total. The molecular weight excluding hydrogens is 500 g/mol. The third-order valence-electron chi connectivity index (χ3n) is 6.48. The van der Waals surface area contributed by atoms with Crippen molar-refractivity contribution in [2.24, 2.45) is 0 Å². The van der Waals surface area contributed by atoms with Gasteiger partial charge in [0.15, 0.2) is 12.2 Å². The second-order valence-electron chi connectivity index (χ2n) is 10.2. The topological polar surface area (TPSA) is 126 Å². The highest BCUT2D eigenvalue weighted by Crippen LogP contribution is 2.49. The lowest BCUT2D eigenvalue weighted by molar-refractivity contribution is 0.0190. The van der Waals surface area contributed by atoms with Crippen LogP contribution in [0.2, 0.25) is 0 Å². The molecule has 4 N–H and O–H groups in total. The summed E-state index contributed by atoms with van der Waals surface area (Å²) in [4.78, 5) is 13.6. The molecule has 8 heteroatoms. The van der Waals surface area contributed by atoms with Crippen LogP contribution in [-0.2, 0) is 6.42 Å². The number of Topliss-reactive ketones (excluding diaryl/α,β-unsaturated/α-hetero) is 1. The molecule has 0 aliphatic carbocycles. The van der Waals surface area contributed by atoms with E-state index in [0.29, 0.717) is 5.56 Å². The summed E-state index contributed by atoms with van der Waals surface area (Å²) in [6, 6.07) is 3.85. The SMILES string of the molecule is COc1cc(O)c(C2Oc3c(CC=C(C)C)c(O)cc(OCC=C(C)CCC=C(C)C)c3C(=O)C2O)c(O)c1. The Kier molecular flexibility index (Phi) is 9.70. The molecular formula is C31H38O8. The maximum absolute atomic E-state index is 13.6. The molecule has 2 atom stereocenters. The Balaban J connectivity index is 2.04. The van der Waals surface area contributed by atoms with E-state index in [-0.39, 0.29) is 47.2 Å². The minimum absolute atomic E-state index is 0.00297. The summed E-state index contributed by atoms with van der Waals surface area (Å²) < 4.78 is 17.1. The first-order valence-electron chi connectivity index (χ1n) is 12.9. The number of ether oxygens (including phenoxy) is 3. The molecule has 39 heavy (non-hydrogen) atoms. The molecule has 1 heterocycles. The number of allylic oxidation sites excluding steroid dienone is 5. The van der Waals surface area contributed by atoms with Crippen molar-refractivity contribution in [1.29, 1.82) is 0 Å². The second kappa shape index (κ2) is 12.8. The smallest absolute Gasteiger partial charge is 0.202 e. The number of hydrogen-bond donors (Lipinski definition) is 4. The van der Waals surface area contributed by atoms with Gasteiger partial charge < -0.3 is 34.6 Å². The van der Waals surface area contributed by atoms with Gasteiger partial charge in [0.25, 0.3) is 0 Å². The highest BCUT2D eigenvalue weighted by Gasteiger charge is 2.43. The van der Waals surface area contributed by atoms with Crippen molar-refractivity contribution in [2.75, 3.05) is 13.7 Å². The van der Waals surface area contributed by atoms with Gasteiger partial charge in [0.1, 0.15) is 46.7 Å². The van der Waals surface area contributed by atoms with Crippen molar-refractivity contribution in [1.82, 2.24) is 0 Å². The van der Waals surface area contributed by atoms with Crippen molar-refractivity contribution in [3.05, 3.63) is 69.8 Å². The van der Waals surface area contributed by atoms with Crippen molar-refractivity contribution < 1.29 is 39.4 Å². The lowest BCUT2D eigenvalue weighted by atomic mass is 9.89. The zero-order chi connectivity index (χ0) is 28.9. The lowest BCUT2D eigenvalue weighted by Gasteiger charge is -2.33. The Hall–Kier alpha value is -3.91. The maximum atomic E-state index is 13.6. The number of aliphatic hydroxyl groups is 1. The fourth-order valence-electron chi connectivity index (χ4n) is 4.31. The number of aromatic hydroxyl groups is 3. The number of hydrogen-bond acceptors (Lipinski definition) is 8. The van der Waals surface area contributed by atoms with E-state index < -0.39 is 29.5 Å². The molecule has 210 valence electrons. The Morgan fingerprint density at radius 1 is 0.949 bits per heavy atom. The van der Waals surface area contributed by atoms with Crippen LogP contribution in [0.1, 0.15) is 75.0 Å². The number of methoxy groups -OCH3 is 1. The summed E-state index contributed by atoms with van der Waals surface area (Å²) in [6.45, 7) is 10.0. The Bertz CT molecular complexity index is 1290. The molecule has 0 amide bonds. The molecule has 2 aromatic rings. The molecule has 2 aromatic carbocycles. The Labute approximate surface area is 229 Å². The predicted octanol–water partition coefficient (Wildman–Crippen LogP) is 6.07. The van der Waals surface area contributed by atoms with E-state index in [9.17, 15) is 25.2 Å². The van der Waals surface area contributed by atoms with Gasteiger partial charge in [0.2, 0.25) is 5.78 Å². The van der Waals surface area contributed by atoms with Crippen LogP contribution in [0.3, 0.4) is 0 Å². The van der Waals surface area contributed by atoms with Crippen LogP contribution in [0, 0.1) is 0 Å². The molecule has 0 spiro atoms. The maximum Gasteiger partial charge on any atom is 0.202 e. The van der Waals surface area contributed by atoms with Crippen molar-refractivity contribution >= 4 is 5.78 Å². The standard InChI is InChI=1S/C31H38O8/c1-17(2)8-7-9-19(5)12-13-38-25-16-22(32)21(11-10-18(3)4)30-27(25)28(35)29(36)31(39-30)26-23(33)14-20(37-6)15-24(26)34/h8,10,12,14-16,29,31-34,36H,7,9,11,13H2,1-6H3. The average Bonchev–Trinajstić information content (AvgIpc) is 2.85. The monoisotopic (exact) mass is 538 g/mol. The first-order valence-corrected chi connectivity index (χ1v) is 12.9. The fourth-order valence-corrected chi connectivity index (χ4v) is 4.31. The van der Waals surface area contributed by atoms with Crippen molar-refractivity contribution in [3.63, 3.8) is 0 Å².